The zero-order valence-corrected chi connectivity index (χ0v) is 15.3. The Kier molecular flexibility index (Phi) is 5.84. The minimum atomic E-state index is -0.824. The van der Waals surface area contributed by atoms with Gasteiger partial charge in [0.05, 0.1) is 5.69 Å². The van der Waals surface area contributed by atoms with E-state index in [1.54, 1.807) is 6.07 Å². The normalized spacial score (nSPS) is 11.0. The summed E-state index contributed by atoms with van der Waals surface area (Å²) in [7, 11) is 1.87. The Hall–Kier alpha value is -1.37. The first kappa shape index (κ1) is 18.0. The number of hydrogen-bond acceptors (Lipinski definition) is 4. The molecule has 2 N–H and O–H groups in total. The van der Waals surface area contributed by atoms with Crippen LogP contribution < -0.4 is 5.73 Å². The molecule has 124 valence electrons. The number of imidazole rings is 1. The Bertz CT molecular complexity index is 712. The van der Waals surface area contributed by atoms with E-state index < -0.39 is 6.09 Å². The van der Waals surface area contributed by atoms with Crippen LogP contribution in [0.3, 0.4) is 0 Å². The second kappa shape index (κ2) is 7.47. The summed E-state index contributed by atoms with van der Waals surface area (Å²) >= 11 is 13.6. The van der Waals surface area contributed by atoms with Crippen LogP contribution in [-0.4, -0.2) is 15.6 Å². The van der Waals surface area contributed by atoms with Crippen molar-refractivity contribution in [1.29, 1.82) is 0 Å². The molecule has 0 atom stereocenters. The van der Waals surface area contributed by atoms with Gasteiger partial charge >= 0.3 is 6.09 Å². The minimum Gasteiger partial charge on any atom is -0.442 e. The Morgan fingerprint density at radius 1 is 1.35 bits per heavy atom. The molecule has 1 aromatic heterocycles. The first-order valence-electron chi connectivity index (χ1n) is 6.89. The second-order valence-corrected chi connectivity index (χ2v) is 7.18. The first-order chi connectivity index (χ1) is 10.8. The van der Waals surface area contributed by atoms with Crippen LogP contribution in [0.4, 0.5) is 4.79 Å². The van der Waals surface area contributed by atoms with E-state index in [0.29, 0.717) is 15.9 Å². The number of aromatic nitrogens is 2. The molecular formula is C15H17Cl2N3O2S. The number of nitrogens with two attached hydrogens (primary N) is 1. The fourth-order valence-electron chi connectivity index (χ4n) is 2.01. The van der Waals surface area contributed by atoms with Crippen LogP contribution in [-0.2, 0) is 18.4 Å². The lowest BCUT2D eigenvalue weighted by Gasteiger charge is -2.09. The van der Waals surface area contributed by atoms with Crippen LogP contribution in [0.15, 0.2) is 28.1 Å². The summed E-state index contributed by atoms with van der Waals surface area (Å²) in [6.45, 7) is 4.13. The van der Waals surface area contributed by atoms with Gasteiger partial charge in [-0.05, 0) is 24.1 Å². The molecule has 0 saturated carbocycles. The fraction of sp³-hybridized carbons (Fsp3) is 0.333. The van der Waals surface area contributed by atoms with Crippen molar-refractivity contribution in [2.75, 3.05) is 0 Å². The van der Waals surface area contributed by atoms with E-state index >= 15 is 0 Å². The summed E-state index contributed by atoms with van der Waals surface area (Å²) in [5.74, 6) is 0.837. The molecule has 0 radical (unpaired) electrons. The Morgan fingerprint density at radius 3 is 2.48 bits per heavy atom. The highest BCUT2D eigenvalue weighted by Gasteiger charge is 2.19. The van der Waals surface area contributed by atoms with Crippen LogP contribution in [0.2, 0.25) is 10.0 Å². The van der Waals surface area contributed by atoms with Crippen molar-refractivity contribution in [1.82, 2.24) is 9.55 Å². The molecule has 8 heteroatoms. The summed E-state index contributed by atoms with van der Waals surface area (Å²) in [6, 6.07) is 5.37. The molecule has 0 bridgehead atoms. The van der Waals surface area contributed by atoms with Crippen molar-refractivity contribution >= 4 is 41.1 Å². The van der Waals surface area contributed by atoms with Gasteiger partial charge in [-0.2, -0.15) is 0 Å². The van der Waals surface area contributed by atoms with E-state index in [1.807, 2.05) is 23.7 Å². The highest BCUT2D eigenvalue weighted by atomic mass is 35.5. The largest absolute Gasteiger partial charge is 0.442 e. The lowest BCUT2D eigenvalue weighted by molar-refractivity contribution is 0.146. The van der Waals surface area contributed by atoms with Crippen molar-refractivity contribution in [3.05, 3.63) is 39.8 Å². The zero-order valence-electron chi connectivity index (χ0n) is 13.0. The van der Waals surface area contributed by atoms with Gasteiger partial charge in [-0.15, -0.1) is 0 Å². The maximum Gasteiger partial charge on any atom is 0.404 e. The molecule has 0 aliphatic heterocycles. The molecule has 0 unspecified atom stereocenters. The predicted octanol–water partition coefficient (Wildman–Crippen LogP) is 4.60. The van der Waals surface area contributed by atoms with Gasteiger partial charge in [0, 0.05) is 22.0 Å². The number of nitrogens with zero attached hydrogens (tertiary/aromatic N) is 2. The van der Waals surface area contributed by atoms with Crippen molar-refractivity contribution in [3.63, 3.8) is 0 Å². The number of amides is 1. The molecule has 1 heterocycles. The van der Waals surface area contributed by atoms with Crippen molar-refractivity contribution in [2.24, 2.45) is 12.8 Å². The third-order valence-electron chi connectivity index (χ3n) is 3.10. The fourth-order valence-corrected chi connectivity index (χ4v) is 3.89. The molecule has 1 aromatic carbocycles. The molecule has 2 rings (SSSR count). The quantitative estimate of drug-likeness (QED) is 0.831. The van der Waals surface area contributed by atoms with E-state index in [2.05, 4.69) is 18.8 Å². The number of primary amides is 1. The molecule has 1 amide bonds. The van der Waals surface area contributed by atoms with Crippen molar-refractivity contribution in [2.45, 2.75) is 36.3 Å². The SMILES string of the molecule is CC(C)c1nc(COC(N)=O)n(C)c1Sc1cc(Cl)cc(Cl)c1. The Balaban J connectivity index is 2.37. The molecule has 0 fully saturated rings. The van der Waals surface area contributed by atoms with Gasteiger partial charge in [0.1, 0.15) is 10.9 Å². The van der Waals surface area contributed by atoms with Gasteiger partial charge in [0.2, 0.25) is 0 Å². The molecule has 0 aliphatic carbocycles. The summed E-state index contributed by atoms with van der Waals surface area (Å²) in [5, 5.41) is 2.09. The van der Waals surface area contributed by atoms with E-state index in [9.17, 15) is 4.79 Å². The van der Waals surface area contributed by atoms with Crippen LogP contribution in [0.5, 0.6) is 0 Å². The topological polar surface area (TPSA) is 70.1 Å². The number of halogens is 2. The van der Waals surface area contributed by atoms with Gasteiger partial charge in [0.25, 0.3) is 0 Å². The molecule has 5 nitrogen and oxygen atoms in total. The van der Waals surface area contributed by atoms with Crippen LogP contribution in [0, 0.1) is 0 Å². The van der Waals surface area contributed by atoms with E-state index in [-0.39, 0.29) is 12.5 Å². The van der Waals surface area contributed by atoms with Gasteiger partial charge in [-0.3, -0.25) is 0 Å². The average Bonchev–Trinajstić information content (AvgIpc) is 2.73. The molecular weight excluding hydrogens is 357 g/mol. The molecule has 0 aliphatic rings. The van der Waals surface area contributed by atoms with Gasteiger partial charge < -0.3 is 15.0 Å². The van der Waals surface area contributed by atoms with Crippen molar-refractivity contribution in [3.8, 4) is 0 Å². The van der Waals surface area contributed by atoms with Crippen LogP contribution >= 0.6 is 35.0 Å². The Morgan fingerprint density at radius 2 is 1.96 bits per heavy atom. The van der Waals surface area contributed by atoms with Crippen LogP contribution in [0.25, 0.3) is 0 Å². The number of benzene rings is 1. The standard InChI is InChI=1S/C15H17Cl2N3O2S/c1-8(2)13-14(20(3)12(19-13)7-22-15(18)21)23-11-5-9(16)4-10(17)6-11/h4-6,8H,7H2,1-3H3,(H2,18,21). The van der Waals surface area contributed by atoms with E-state index in [0.717, 1.165) is 15.6 Å². The number of hydrogen-bond donors (Lipinski definition) is 1. The van der Waals surface area contributed by atoms with Crippen LogP contribution in [0.1, 0.15) is 31.3 Å². The summed E-state index contributed by atoms with van der Waals surface area (Å²) < 4.78 is 6.74. The smallest absolute Gasteiger partial charge is 0.404 e. The molecule has 23 heavy (non-hydrogen) atoms. The number of rotatable bonds is 5. The second-order valence-electron chi connectivity index (χ2n) is 5.25. The number of ether oxygens (including phenoxy) is 1. The lowest BCUT2D eigenvalue weighted by Crippen LogP contribution is -2.14. The van der Waals surface area contributed by atoms with Gasteiger partial charge in [-0.1, -0.05) is 48.8 Å². The summed E-state index contributed by atoms with van der Waals surface area (Å²) in [5.41, 5.74) is 5.93. The van der Waals surface area contributed by atoms with E-state index in [4.69, 9.17) is 33.7 Å². The van der Waals surface area contributed by atoms with E-state index in [1.165, 1.54) is 11.8 Å². The monoisotopic (exact) mass is 373 g/mol. The summed E-state index contributed by atoms with van der Waals surface area (Å²) in [4.78, 5) is 16.3. The summed E-state index contributed by atoms with van der Waals surface area (Å²) in [6.07, 6.45) is -0.824. The minimum absolute atomic E-state index is 0.0302. The van der Waals surface area contributed by atoms with Gasteiger partial charge in [-0.25, -0.2) is 9.78 Å². The molecule has 0 saturated heterocycles. The number of carbonyl (C=O) groups excluding carboxylic acids is 1. The maximum atomic E-state index is 10.8. The molecule has 0 spiro atoms. The zero-order chi connectivity index (χ0) is 17.1. The third kappa shape index (κ3) is 4.56. The third-order valence-corrected chi connectivity index (χ3v) is 4.69. The maximum absolute atomic E-state index is 10.8. The average molecular weight is 374 g/mol. The number of carbonyl (C=O) groups is 1. The van der Waals surface area contributed by atoms with Crippen molar-refractivity contribution < 1.29 is 9.53 Å². The van der Waals surface area contributed by atoms with Gasteiger partial charge in [0.15, 0.2) is 6.61 Å². The molecule has 2 aromatic rings. The predicted molar refractivity (Wildman–Crippen MR) is 92.3 cm³/mol. The lowest BCUT2D eigenvalue weighted by atomic mass is 10.2. The highest BCUT2D eigenvalue weighted by molar-refractivity contribution is 7.99. The first-order valence-corrected chi connectivity index (χ1v) is 8.46. The Labute approximate surface area is 149 Å². The highest BCUT2D eigenvalue weighted by Crippen LogP contribution is 2.36.